The quantitative estimate of drug-likeness (QED) is 0.702. The molecule has 1 aromatic carbocycles. The number of nitrogens with zero attached hydrogens (tertiary/aromatic N) is 4. The lowest BCUT2D eigenvalue weighted by Crippen LogP contribution is -2.29. The standard InChI is InChI=1S/C17H17N5O3/c1-11(15-20-13-7-4-3-6-12(13)16(24)21-15)25-14(23)10-22(2)17-18-8-5-9-19-17/h3-9,11H,10H2,1-2H3,(H,20,21,24)/t11-/m1/s1. The minimum absolute atomic E-state index is 0.0217. The van der Waals surface area contributed by atoms with Crippen LogP contribution in [0.5, 0.6) is 0 Å². The van der Waals surface area contributed by atoms with Crippen LogP contribution in [0.25, 0.3) is 10.9 Å². The van der Waals surface area contributed by atoms with Crippen LogP contribution in [0.15, 0.2) is 47.5 Å². The van der Waals surface area contributed by atoms with Crippen LogP contribution in [0.2, 0.25) is 0 Å². The van der Waals surface area contributed by atoms with Crippen molar-refractivity contribution >= 4 is 22.8 Å². The molecule has 3 aromatic rings. The van der Waals surface area contributed by atoms with E-state index in [1.54, 1.807) is 61.6 Å². The lowest BCUT2D eigenvalue weighted by Gasteiger charge is -2.18. The maximum absolute atomic E-state index is 12.1. The molecule has 128 valence electrons. The fourth-order valence-corrected chi connectivity index (χ4v) is 2.34. The molecule has 0 aliphatic rings. The third-order valence-corrected chi connectivity index (χ3v) is 3.58. The van der Waals surface area contributed by atoms with E-state index in [9.17, 15) is 9.59 Å². The van der Waals surface area contributed by atoms with E-state index in [1.807, 2.05) is 0 Å². The zero-order chi connectivity index (χ0) is 17.8. The van der Waals surface area contributed by atoms with E-state index in [1.165, 1.54) is 0 Å². The maximum Gasteiger partial charge on any atom is 0.326 e. The minimum Gasteiger partial charge on any atom is -0.453 e. The van der Waals surface area contributed by atoms with Crippen LogP contribution in [-0.2, 0) is 9.53 Å². The summed E-state index contributed by atoms with van der Waals surface area (Å²) in [6, 6.07) is 8.69. The Kier molecular flexibility index (Phi) is 4.69. The Labute approximate surface area is 143 Å². The van der Waals surface area contributed by atoms with Crippen molar-refractivity contribution in [2.24, 2.45) is 0 Å². The number of para-hydroxylation sites is 1. The van der Waals surface area contributed by atoms with Gasteiger partial charge in [-0.15, -0.1) is 0 Å². The van der Waals surface area contributed by atoms with Crippen molar-refractivity contribution < 1.29 is 9.53 Å². The van der Waals surface area contributed by atoms with E-state index in [0.717, 1.165) is 0 Å². The number of H-pyrrole nitrogens is 1. The van der Waals surface area contributed by atoms with Crippen molar-refractivity contribution in [1.82, 2.24) is 19.9 Å². The van der Waals surface area contributed by atoms with Crippen molar-refractivity contribution in [3.05, 3.63) is 58.9 Å². The van der Waals surface area contributed by atoms with Gasteiger partial charge in [-0.25, -0.2) is 15.0 Å². The number of ether oxygens (including phenoxy) is 1. The number of benzene rings is 1. The summed E-state index contributed by atoms with van der Waals surface area (Å²) in [6.45, 7) is 1.64. The summed E-state index contributed by atoms with van der Waals surface area (Å²) in [5.41, 5.74) is 0.289. The number of anilines is 1. The molecular weight excluding hydrogens is 322 g/mol. The van der Waals surface area contributed by atoms with Crippen molar-refractivity contribution in [1.29, 1.82) is 0 Å². The fourth-order valence-electron chi connectivity index (χ4n) is 2.34. The highest BCUT2D eigenvalue weighted by Crippen LogP contribution is 2.14. The van der Waals surface area contributed by atoms with Gasteiger partial charge in [0.1, 0.15) is 6.54 Å². The SMILES string of the molecule is C[C@@H](OC(=O)CN(C)c1ncccn1)c1nc2ccccc2c(=O)[nH]1. The summed E-state index contributed by atoms with van der Waals surface area (Å²) in [5, 5.41) is 0.491. The predicted octanol–water partition coefficient (Wildman–Crippen LogP) is 1.45. The van der Waals surface area contributed by atoms with Gasteiger partial charge in [0.25, 0.3) is 5.56 Å². The zero-order valence-electron chi connectivity index (χ0n) is 13.8. The van der Waals surface area contributed by atoms with Crippen LogP contribution in [0.4, 0.5) is 5.95 Å². The molecule has 0 aliphatic carbocycles. The lowest BCUT2D eigenvalue weighted by atomic mass is 10.2. The largest absolute Gasteiger partial charge is 0.453 e. The van der Waals surface area contributed by atoms with Crippen molar-refractivity contribution in [2.45, 2.75) is 13.0 Å². The third kappa shape index (κ3) is 3.79. The number of esters is 1. The summed E-state index contributed by atoms with van der Waals surface area (Å²) in [7, 11) is 1.69. The Morgan fingerprint density at radius 2 is 1.96 bits per heavy atom. The molecule has 0 saturated carbocycles. The van der Waals surface area contributed by atoms with E-state index in [4.69, 9.17) is 4.74 Å². The summed E-state index contributed by atoms with van der Waals surface area (Å²) >= 11 is 0. The molecule has 2 heterocycles. The van der Waals surface area contributed by atoms with Gasteiger partial charge in [0, 0.05) is 19.4 Å². The molecule has 1 atom stereocenters. The Morgan fingerprint density at radius 1 is 1.24 bits per heavy atom. The molecule has 1 N–H and O–H groups in total. The van der Waals surface area contributed by atoms with Crippen molar-refractivity contribution in [3.8, 4) is 0 Å². The molecule has 0 bridgehead atoms. The number of nitrogens with one attached hydrogen (secondary N) is 1. The molecule has 0 unspecified atom stereocenters. The molecule has 25 heavy (non-hydrogen) atoms. The molecule has 2 aromatic heterocycles. The average molecular weight is 339 g/mol. The first kappa shape index (κ1) is 16.6. The fraction of sp³-hybridized carbons (Fsp3) is 0.235. The Hall–Kier alpha value is -3.29. The van der Waals surface area contributed by atoms with Gasteiger partial charge in [-0.2, -0.15) is 0 Å². The second-order valence-electron chi connectivity index (χ2n) is 5.51. The molecule has 3 rings (SSSR count). The van der Waals surface area contributed by atoms with Crippen LogP contribution in [-0.4, -0.2) is 39.5 Å². The van der Waals surface area contributed by atoms with E-state index >= 15 is 0 Å². The summed E-state index contributed by atoms with van der Waals surface area (Å²) in [5.74, 6) is 0.248. The molecule has 0 aliphatic heterocycles. The van der Waals surface area contributed by atoms with Crippen molar-refractivity contribution in [3.63, 3.8) is 0 Å². The van der Waals surface area contributed by atoms with E-state index < -0.39 is 12.1 Å². The first-order chi connectivity index (χ1) is 12.0. The van der Waals surface area contributed by atoms with Crippen LogP contribution in [0.3, 0.4) is 0 Å². The smallest absolute Gasteiger partial charge is 0.326 e. The Bertz CT molecular complexity index is 942. The summed E-state index contributed by atoms with van der Waals surface area (Å²) < 4.78 is 5.36. The molecule has 0 radical (unpaired) electrons. The summed E-state index contributed by atoms with van der Waals surface area (Å²) in [6.07, 6.45) is 2.50. The van der Waals surface area contributed by atoms with Gasteiger partial charge in [0.05, 0.1) is 10.9 Å². The molecule has 0 amide bonds. The normalized spacial score (nSPS) is 11.9. The van der Waals surface area contributed by atoms with E-state index in [2.05, 4.69) is 19.9 Å². The number of carbonyl (C=O) groups is 1. The van der Waals surface area contributed by atoms with Crippen LogP contribution < -0.4 is 10.5 Å². The van der Waals surface area contributed by atoms with Crippen LogP contribution in [0.1, 0.15) is 18.9 Å². The first-order valence-electron chi connectivity index (χ1n) is 7.71. The van der Waals surface area contributed by atoms with Crippen molar-refractivity contribution in [2.75, 3.05) is 18.5 Å². The minimum atomic E-state index is -0.685. The van der Waals surface area contributed by atoms with Gasteiger partial charge in [-0.05, 0) is 25.1 Å². The highest BCUT2D eigenvalue weighted by atomic mass is 16.5. The highest BCUT2D eigenvalue weighted by Gasteiger charge is 2.17. The number of hydrogen-bond donors (Lipinski definition) is 1. The molecular formula is C17H17N5O3. The van der Waals surface area contributed by atoms with Gasteiger partial charge in [-0.3, -0.25) is 9.59 Å². The highest BCUT2D eigenvalue weighted by molar-refractivity contribution is 5.77. The Balaban J connectivity index is 1.70. The average Bonchev–Trinajstić information content (AvgIpc) is 2.62. The first-order valence-corrected chi connectivity index (χ1v) is 7.71. The molecule has 8 heteroatoms. The Morgan fingerprint density at radius 3 is 2.72 bits per heavy atom. The van der Waals surface area contributed by atoms with E-state index in [0.29, 0.717) is 22.7 Å². The molecule has 0 saturated heterocycles. The number of fused-ring (bicyclic) bond motifs is 1. The van der Waals surface area contributed by atoms with Crippen LogP contribution >= 0.6 is 0 Å². The van der Waals surface area contributed by atoms with Gasteiger partial charge in [0.15, 0.2) is 11.9 Å². The number of rotatable bonds is 5. The monoisotopic (exact) mass is 339 g/mol. The molecule has 0 spiro atoms. The van der Waals surface area contributed by atoms with Gasteiger partial charge >= 0.3 is 5.97 Å². The molecule has 8 nitrogen and oxygen atoms in total. The van der Waals surface area contributed by atoms with Gasteiger partial charge in [-0.1, -0.05) is 12.1 Å². The second-order valence-corrected chi connectivity index (χ2v) is 5.51. The predicted molar refractivity (Wildman–Crippen MR) is 92.2 cm³/mol. The third-order valence-electron chi connectivity index (χ3n) is 3.58. The number of aromatic amines is 1. The van der Waals surface area contributed by atoms with Gasteiger partial charge in [0.2, 0.25) is 5.95 Å². The second kappa shape index (κ2) is 7.08. The van der Waals surface area contributed by atoms with Gasteiger partial charge < -0.3 is 14.6 Å². The number of hydrogen-bond acceptors (Lipinski definition) is 7. The number of carbonyl (C=O) groups excluding carboxylic acids is 1. The van der Waals surface area contributed by atoms with Crippen LogP contribution in [0, 0.1) is 0 Å². The summed E-state index contributed by atoms with van der Waals surface area (Å²) in [4.78, 5) is 40.9. The maximum atomic E-state index is 12.1. The van der Waals surface area contributed by atoms with E-state index in [-0.39, 0.29) is 12.1 Å². The zero-order valence-corrected chi connectivity index (χ0v) is 13.8. The molecule has 0 fully saturated rings. The lowest BCUT2D eigenvalue weighted by molar-refractivity contribution is -0.147. The topological polar surface area (TPSA) is 101 Å². The number of likely N-dealkylation sites (N-methyl/N-ethyl adjacent to an activating group) is 1. The number of aromatic nitrogens is 4.